The van der Waals surface area contributed by atoms with Crippen molar-refractivity contribution in [2.45, 2.75) is 13.1 Å². The number of ether oxygens (including phenoxy) is 1. The van der Waals surface area contributed by atoms with Gasteiger partial charge in [-0.3, -0.25) is 4.79 Å². The molecule has 0 radical (unpaired) electrons. The second kappa shape index (κ2) is 6.74. The quantitative estimate of drug-likeness (QED) is 0.681. The summed E-state index contributed by atoms with van der Waals surface area (Å²) in [5.41, 5.74) is -0.845. The molecule has 24 heavy (non-hydrogen) atoms. The summed E-state index contributed by atoms with van der Waals surface area (Å²) >= 11 is 0. The first kappa shape index (κ1) is 17.5. The van der Waals surface area contributed by atoms with E-state index in [-0.39, 0.29) is 16.9 Å². The Balaban J connectivity index is 2.08. The summed E-state index contributed by atoms with van der Waals surface area (Å²) < 4.78 is 42.6. The van der Waals surface area contributed by atoms with Gasteiger partial charge in [0.2, 0.25) is 0 Å². The van der Waals surface area contributed by atoms with Crippen molar-refractivity contribution < 1.29 is 32.6 Å². The van der Waals surface area contributed by atoms with E-state index in [1.165, 1.54) is 18.2 Å². The number of hydrogen-bond donors (Lipinski definition) is 1. The molecule has 0 atom stereocenters. The highest BCUT2D eigenvalue weighted by Gasteiger charge is 2.31. The normalized spacial score (nSPS) is 11.2. The van der Waals surface area contributed by atoms with Crippen LogP contribution in [-0.2, 0) is 10.9 Å². The van der Waals surface area contributed by atoms with Gasteiger partial charge in [-0.2, -0.15) is 13.2 Å². The van der Waals surface area contributed by atoms with E-state index in [1.807, 2.05) is 0 Å². The van der Waals surface area contributed by atoms with Crippen molar-refractivity contribution in [3.05, 3.63) is 64.7 Å². The van der Waals surface area contributed by atoms with Crippen LogP contribution in [0.3, 0.4) is 0 Å². The van der Waals surface area contributed by atoms with Crippen LogP contribution in [-0.4, -0.2) is 23.5 Å². The van der Waals surface area contributed by atoms with Crippen LogP contribution in [0, 0.1) is 6.92 Å². The number of carbonyl (C=O) groups excluding carboxylic acids is 2. The molecule has 2 aromatic rings. The number of aromatic hydroxyl groups is 1. The molecule has 0 bridgehead atoms. The maximum atomic E-state index is 12.6. The Morgan fingerprint density at radius 1 is 1.12 bits per heavy atom. The molecule has 0 heterocycles. The molecule has 0 aliphatic carbocycles. The third-order valence-electron chi connectivity index (χ3n) is 3.30. The number of alkyl halides is 3. The van der Waals surface area contributed by atoms with Gasteiger partial charge in [-0.1, -0.05) is 24.3 Å². The first-order valence-electron chi connectivity index (χ1n) is 6.86. The van der Waals surface area contributed by atoms with Gasteiger partial charge in [-0.25, -0.2) is 4.79 Å². The lowest BCUT2D eigenvalue weighted by atomic mass is 10.1. The third kappa shape index (κ3) is 3.92. The van der Waals surface area contributed by atoms with Crippen molar-refractivity contribution in [1.29, 1.82) is 0 Å². The number of para-hydroxylation sites is 1. The van der Waals surface area contributed by atoms with Crippen molar-refractivity contribution in [2.24, 2.45) is 0 Å². The number of carbonyl (C=O) groups is 2. The van der Waals surface area contributed by atoms with Crippen molar-refractivity contribution in [1.82, 2.24) is 0 Å². The second-order valence-electron chi connectivity index (χ2n) is 5.05. The lowest BCUT2D eigenvalue weighted by Crippen LogP contribution is -2.15. The average molecular weight is 338 g/mol. The SMILES string of the molecule is Cc1cccc(C(=O)OCC(=O)c2cccc(C(F)(F)F)c2)c1O. The van der Waals surface area contributed by atoms with E-state index in [0.717, 1.165) is 12.1 Å². The van der Waals surface area contributed by atoms with Crippen molar-refractivity contribution in [3.63, 3.8) is 0 Å². The number of ketones is 1. The highest BCUT2D eigenvalue weighted by atomic mass is 19.4. The Hall–Kier alpha value is -2.83. The standard InChI is InChI=1S/C17H13F3O4/c1-10-4-2-7-13(15(10)22)16(23)24-9-14(21)11-5-3-6-12(8-11)17(18,19)20/h2-8,22H,9H2,1H3. The number of esters is 1. The maximum absolute atomic E-state index is 12.6. The van der Waals surface area contributed by atoms with Crippen molar-refractivity contribution in [2.75, 3.05) is 6.61 Å². The van der Waals surface area contributed by atoms with E-state index in [4.69, 9.17) is 4.74 Å². The zero-order chi connectivity index (χ0) is 17.9. The molecule has 0 aliphatic heterocycles. The van der Waals surface area contributed by atoms with Gasteiger partial charge in [0.05, 0.1) is 5.56 Å². The second-order valence-corrected chi connectivity index (χ2v) is 5.05. The molecule has 0 saturated carbocycles. The monoisotopic (exact) mass is 338 g/mol. The zero-order valence-electron chi connectivity index (χ0n) is 12.6. The topological polar surface area (TPSA) is 63.6 Å². The summed E-state index contributed by atoms with van der Waals surface area (Å²) in [6, 6.07) is 8.27. The van der Waals surface area contributed by atoms with Gasteiger partial charge in [0, 0.05) is 5.56 Å². The minimum absolute atomic E-state index is 0.119. The molecule has 0 spiro atoms. The summed E-state index contributed by atoms with van der Waals surface area (Å²) in [5, 5.41) is 9.77. The maximum Gasteiger partial charge on any atom is 0.416 e. The molecule has 0 fully saturated rings. The first-order valence-corrected chi connectivity index (χ1v) is 6.86. The number of hydrogen-bond acceptors (Lipinski definition) is 4. The minimum Gasteiger partial charge on any atom is -0.507 e. The summed E-state index contributed by atoms with van der Waals surface area (Å²) in [6.45, 7) is 0.855. The number of aryl methyl sites for hydroxylation is 1. The fraction of sp³-hybridized carbons (Fsp3) is 0.176. The Morgan fingerprint density at radius 3 is 2.46 bits per heavy atom. The highest BCUT2D eigenvalue weighted by molar-refractivity contribution is 6.00. The minimum atomic E-state index is -4.57. The van der Waals surface area contributed by atoms with E-state index in [0.29, 0.717) is 11.6 Å². The summed E-state index contributed by atoms with van der Waals surface area (Å²) in [7, 11) is 0. The molecule has 0 amide bonds. The Labute approximate surface area is 135 Å². The molecule has 2 rings (SSSR count). The van der Waals surface area contributed by atoms with Crippen LogP contribution in [0.2, 0.25) is 0 Å². The zero-order valence-corrected chi connectivity index (χ0v) is 12.6. The molecule has 0 aromatic heterocycles. The Kier molecular flexibility index (Phi) is 4.92. The molecule has 7 heteroatoms. The van der Waals surface area contributed by atoms with Gasteiger partial charge in [-0.05, 0) is 30.7 Å². The van der Waals surface area contributed by atoms with Crippen LogP contribution in [0.1, 0.15) is 31.8 Å². The van der Waals surface area contributed by atoms with E-state index in [9.17, 15) is 27.9 Å². The Morgan fingerprint density at radius 2 is 1.79 bits per heavy atom. The van der Waals surface area contributed by atoms with Gasteiger partial charge in [0.25, 0.3) is 0 Å². The summed E-state index contributed by atoms with van der Waals surface area (Å²) in [6.07, 6.45) is -4.57. The molecular weight excluding hydrogens is 325 g/mol. The fourth-order valence-electron chi connectivity index (χ4n) is 1.98. The van der Waals surface area contributed by atoms with Crippen LogP contribution < -0.4 is 0 Å². The van der Waals surface area contributed by atoms with Gasteiger partial charge >= 0.3 is 12.1 Å². The van der Waals surface area contributed by atoms with Crippen LogP contribution in [0.5, 0.6) is 5.75 Å². The molecular formula is C17H13F3O4. The van der Waals surface area contributed by atoms with Crippen LogP contribution in [0.4, 0.5) is 13.2 Å². The number of benzene rings is 2. The van der Waals surface area contributed by atoms with Gasteiger partial charge in [0.1, 0.15) is 11.3 Å². The number of phenolic OH excluding ortho intramolecular Hbond substituents is 1. The predicted molar refractivity (Wildman–Crippen MR) is 78.9 cm³/mol. The van der Waals surface area contributed by atoms with Crippen LogP contribution in [0.15, 0.2) is 42.5 Å². The largest absolute Gasteiger partial charge is 0.507 e. The molecule has 126 valence electrons. The van der Waals surface area contributed by atoms with E-state index < -0.39 is 30.1 Å². The van der Waals surface area contributed by atoms with Gasteiger partial charge in [-0.15, -0.1) is 0 Å². The smallest absolute Gasteiger partial charge is 0.416 e. The van der Waals surface area contributed by atoms with Crippen LogP contribution >= 0.6 is 0 Å². The third-order valence-corrected chi connectivity index (χ3v) is 3.30. The average Bonchev–Trinajstić information content (AvgIpc) is 2.54. The van der Waals surface area contributed by atoms with Gasteiger partial charge < -0.3 is 9.84 Å². The summed E-state index contributed by atoms with van der Waals surface area (Å²) in [4.78, 5) is 23.8. The molecule has 0 unspecified atom stereocenters. The van der Waals surface area contributed by atoms with Crippen LogP contribution in [0.25, 0.3) is 0 Å². The van der Waals surface area contributed by atoms with E-state index in [2.05, 4.69) is 0 Å². The van der Waals surface area contributed by atoms with Crippen molar-refractivity contribution in [3.8, 4) is 5.75 Å². The number of rotatable bonds is 4. The van der Waals surface area contributed by atoms with E-state index in [1.54, 1.807) is 13.0 Å². The first-order chi connectivity index (χ1) is 11.2. The van der Waals surface area contributed by atoms with Crippen molar-refractivity contribution >= 4 is 11.8 Å². The predicted octanol–water partition coefficient (Wildman–Crippen LogP) is 3.76. The summed E-state index contributed by atoms with van der Waals surface area (Å²) in [5.74, 6) is -1.98. The molecule has 0 aliphatic rings. The van der Waals surface area contributed by atoms with E-state index >= 15 is 0 Å². The van der Waals surface area contributed by atoms with Gasteiger partial charge in [0.15, 0.2) is 12.4 Å². The molecule has 0 saturated heterocycles. The highest BCUT2D eigenvalue weighted by Crippen LogP contribution is 2.29. The Bertz CT molecular complexity index is 782. The molecule has 1 N–H and O–H groups in total. The molecule has 2 aromatic carbocycles. The number of phenols is 1. The lowest BCUT2D eigenvalue weighted by Gasteiger charge is -2.09. The lowest BCUT2D eigenvalue weighted by molar-refractivity contribution is -0.137. The number of Topliss-reactive ketones (excluding diaryl/α,β-unsaturated/α-hetero) is 1. The fourth-order valence-corrected chi connectivity index (χ4v) is 1.98. The number of halogens is 3. The molecule has 4 nitrogen and oxygen atoms in total.